The lowest BCUT2D eigenvalue weighted by Gasteiger charge is -2.30. The average Bonchev–Trinajstić information content (AvgIpc) is 2.76. The van der Waals surface area contributed by atoms with Crippen LogP contribution < -0.4 is 5.32 Å². The summed E-state index contributed by atoms with van der Waals surface area (Å²) in [6.07, 6.45) is 7.47. The molecule has 1 aliphatic rings. The van der Waals surface area contributed by atoms with Gasteiger partial charge in [-0.2, -0.15) is 0 Å². The van der Waals surface area contributed by atoms with Gasteiger partial charge in [-0.3, -0.25) is 9.55 Å². The van der Waals surface area contributed by atoms with Crippen LogP contribution in [0.3, 0.4) is 0 Å². The molecule has 3 rings (SSSR count). The van der Waals surface area contributed by atoms with Crippen molar-refractivity contribution in [3.8, 4) is 5.69 Å². The minimum Gasteiger partial charge on any atom is -0.373 e. The molecule has 0 unspecified atom stereocenters. The van der Waals surface area contributed by atoms with Crippen LogP contribution in [0.5, 0.6) is 0 Å². The number of fused-ring (bicyclic) bond motifs is 3. The van der Waals surface area contributed by atoms with Crippen LogP contribution in [-0.4, -0.2) is 14.5 Å². The normalized spacial score (nSPS) is 17.8. The van der Waals surface area contributed by atoms with Crippen molar-refractivity contribution in [3.05, 3.63) is 36.7 Å². The van der Waals surface area contributed by atoms with Crippen molar-refractivity contribution in [1.29, 1.82) is 0 Å². The lowest BCUT2D eigenvalue weighted by Crippen LogP contribution is -2.24. The molecular formula is C12H14N4. The fourth-order valence-electron chi connectivity index (χ4n) is 2.19. The first-order valence-electron chi connectivity index (χ1n) is 5.50. The molecule has 0 radical (unpaired) electrons. The van der Waals surface area contributed by atoms with E-state index in [1.807, 2.05) is 24.8 Å². The summed E-state index contributed by atoms with van der Waals surface area (Å²) in [6.45, 7) is 4.41. The summed E-state index contributed by atoms with van der Waals surface area (Å²) >= 11 is 0. The van der Waals surface area contributed by atoms with Gasteiger partial charge in [0.2, 0.25) is 0 Å². The van der Waals surface area contributed by atoms with E-state index >= 15 is 0 Å². The Hall–Kier alpha value is -1.84. The summed E-state index contributed by atoms with van der Waals surface area (Å²) in [5.41, 5.74) is 3.42. The van der Waals surface area contributed by atoms with Gasteiger partial charge in [-0.15, -0.1) is 0 Å². The second-order valence-electron chi connectivity index (χ2n) is 4.45. The lowest BCUT2D eigenvalue weighted by molar-refractivity contribution is 0.520. The van der Waals surface area contributed by atoms with Gasteiger partial charge in [-0.1, -0.05) is 13.8 Å². The summed E-state index contributed by atoms with van der Waals surface area (Å²) in [7, 11) is 0. The van der Waals surface area contributed by atoms with E-state index in [4.69, 9.17) is 0 Å². The van der Waals surface area contributed by atoms with E-state index in [0.29, 0.717) is 12.0 Å². The number of hydrogen-bond acceptors (Lipinski definition) is 3. The zero-order valence-electron chi connectivity index (χ0n) is 9.38. The summed E-state index contributed by atoms with van der Waals surface area (Å²) in [5, 5.41) is 3.52. The SMILES string of the molecule is CC(C)[C@@H]1Nc2cnccc2-n2cncc21. The Balaban J connectivity index is 2.19. The van der Waals surface area contributed by atoms with Crippen LogP contribution in [0.15, 0.2) is 31.0 Å². The highest BCUT2D eigenvalue weighted by Gasteiger charge is 2.26. The number of anilines is 1. The minimum absolute atomic E-state index is 0.305. The molecule has 1 N–H and O–H groups in total. The van der Waals surface area contributed by atoms with Crippen LogP contribution in [-0.2, 0) is 0 Å². The molecule has 0 bridgehead atoms. The van der Waals surface area contributed by atoms with Crippen molar-refractivity contribution in [2.24, 2.45) is 5.92 Å². The number of imidazole rings is 1. The standard InChI is InChI=1S/C12H14N4/c1-8(2)12-11-6-14-7-16(11)10-3-4-13-5-9(10)15-12/h3-8,12,15H,1-2H3/t12-/m0/s1. The van der Waals surface area contributed by atoms with Crippen LogP contribution in [0.25, 0.3) is 5.69 Å². The summed E-state index contributed by atoms with van der Waals surface area (Å²) < 4.78 is 2.14. The van der Waals surface area contributed by atoms with Gasteiger partial charge in [-0.05, 0) is 12.0 Å². The van der Waals surface area contributed by atoms with Gasteiger partial charge in [-0.25, -0.2) is 4.98 Å². The maximum absolute atomic E-state index is 4.24. The van der Waals surface area contributed by atoms with Gasteiger partial charge >= 0.3 is 0 Å². The maximum Gasteiger partial charge on any atom is 0.0995 e. The number of hydrogen-bond donors (Lipinski definition) is 1. The zero-order chi connectivity index (χ0) is 11.1. The highest BCUT2D eigenvalue weighted by atomic mass is 15.2. The average molecular weight is 214 g/mol. The topological polar surface area (TPSA) is 42.7 Å². The number of nitrogens with zero attached hydrogens (tertiary/aromatic N) is 3. The molecule has 2 aromatic heterocycles. The van der Waals surface area contributed by atoms with Crippen LogP contribution in [0.1, 0.15) is 25.6 Å². The minimum atomic E-state index is 0.305. The van der Waals surface area contributed by atoms with E-state index < -0.39 is 0 Å². The summed E-state index contributed by atoms with van der Waals surface area (Å²) in [4.78, 5) is 8.39. The Morgan fingerprint density at radius 1 is 1.31 bits per heavy atom. The van der Waals surface area contributed by atoms with Crippen molar-refractivity contribution >= 4 is 5.69 Å². The molecular weight excluding hydrogens is 200 g/mol. The summed E-state index contributed by atoms with van der Waals surface area (Å²) in [6, 6.07) is 2.31. The molecule has 3 heterocycles. The predicted molar refractivity (Wildman–Crippen MR) is 62.6 cm³/mol. The Kier molecular flexibility index (Phi) is 1.96. The molecule has 4 heteroatoms. The third kappa shape index (κ3) is 1.23. The molecule has 0 amide bonds. The first kappa shape index (κ1) is 9.39. The van der Waals surface area contributed by atoms with Crippen molar-refractivity contribution in [3.63, 3.8) is 0 Å². The predicted octanol–water partition coefficient (Wildman–Crippen LogP) is 2.39. The second-order valence-corrected chi connectivity index (χ2v) is 4.45. The molecule has 0 saturated carbocycles. The summed E-state index contributed by atoms with van der Waals surface area (Å²) in [5.74, 6) is 0.517. The van der Waals surface area contributed by atoms with E-state index in [-0.39, 0.29) is 0 Å². The Morgan fingerprint density at radius 3 is 3.00 bits per heavy atom. The van der Waals surface area contributed by atoms with E-state index in [1.54, 1.807) is 6.20 Å². The number of pyridine rings is 1. The van der Waals surface area contributed by atoms with Crippen molar-refractivity contribution in [2.45, 2.75) is 19.9 Å². The molecule has 1 atom stereocenters. The van der Waals surface area contributed by atoms with E-state index in [1.165, 1.54) is 5.69 Å². The van der Waals surface area contributed by atoms with Crippen LogP contribution in [0, 0.1) is 5.92 Å². The molecule has 0 spiro atoms. The van der Waals surface area contributed by atoms with Gasteiger partial charge in [0.1, 0.15) is 0 Å². The Bertz CT molecular complexity index is 515. The van der Waals surface area contributed by atoms with Gasteiger partial charge in [0.25, 0.3) is 0 Å². The molecule has 0 aromatic carbocycles. The Morgan fingerprint density at radius 2 is 2.19 bits per heavy atom. The van der Waals surface area contributed by atoms with E-state index in [0.717, 1.165) is 11.4 Å². The van der Waals surface area contributed by atoms with Crippen molar-refractivity contribution in [2.75, 3.05) is 5.32 Å². The van der Waals surface area contributed by atoms with Crippen molar-refractivity contribution in [1.82, 2.24) is 14.5 Å². The van der Waals surface area contributed by atoms with E-state index in [2.05, 4.69) is 33.7 Å². The molecule has 4 nitrogen and oxygen atoms in total. The highest BCUT2D eigenvalue weighted by Crippen LogP contribution is 2.35. The number of aromatic nitrogens is 3. The number of rotatable bonds is 1. The lowest BCUT2D eigenvalue weighted by atomic mass is 9.99. The van der Waals surface area contributed by atoms with Crippen LogP contribution in [0.4, 0.5) is 5.69 Å². The quantitative estimate of drug-likeness (QED) is 0.792. The molecule has 0 saturated heterocycles. The second kappa shape index (κ2) is 3.33. The van der Waals surface area contributed by atoms with Gasteiger partial charge in [0.05, 0.1) is 41.8 Å². The third-order valence-electron chi connectivity index (χ3n) is 3.02. The molecule has 82 valence electrons. The molecule has 0 fully saturated rings. The fourth-order valence-corrected chi connectivity index (χ4v) is 2.19. The number of nitrogens with one attached hydrogen (secondary N) is 1. The largest absolute Gasteiger partial charge is 0.373 e. The first-order valence-corrected chi connectivity index (χ1v) is 5.50. The fraction of sp³-hybridized carbons (Fsp3) is 0.333. The van der Waals surface area contributed by atoms with Gasteiger partial charge in [0.15, 0.2) is 0 Å². The third-order valence-corrected chi connectivity index (χ3v) is 3.02. The Labute approximate surface area is 94.4 Å². The smallest absolute Gasteiger partial charge is 0.0995 e. The molecule has 16 heavy (non-hydrogen) atoms. The van der Waals surface area contributed by atoms with Crippen LogP contribution in [0.2, 0.25) is 0 Å². The van der Waals surface area contributed by atoms with Crippen molar-refractivity contribution < 1.29 is 0 Å². The maximum atomic E-state index is 4.24. The highest BCUT2D eigenvalue weighted by molar-refractivity contribution is 5.63. The monoisotopic (exact) mass is 214 g/mol. The van der Waals surface area contributed by atoms with Gasteiger partial charge in [0, 0.05) is 6.20 Å². The molecule has 2 aromatic rings. The molecule has 1 aliphatic heterocycles. The molecule has 0 aliphatic carbocycles. The van der Waals surface area contributed by atoms with Crippen LogP contribution >= 0.6 is 0 Å². The zero-order valence-corrected chi connectivity index (χ0v) is 9.38. The van der Waals surface area contributed by atoms with E-state index in [9.17, 15) is 0 Å². The van der Waals surface area contributed by atoms with Gasteiger partial charge < -0.3 is 5.32 Å². The first-order chi connectivity index (χ1) is 7.77.